The molecule has 29 heavy (non-hydrogen) atoms. The molecule has 0 aliphatic rings. The summed E-state index contributed by atoms with van der Waals surface area (Å²) in [6.45, 7) is 3.62. The van der Waals surface area contributed by atoms with E-state index in [4.69, 9.17) is 11.6 Å². The van der Waals surface area contributed by atoms with Gasteiger partial charge in [0.15, 0.2) is 0 Å². The first-order valence-corrected chi connectivity index (χ1v) is 10.8. The molecule has 0 saturated heterocycles. The summed E-state index contributed by atoms with van der Waals surface area (Å²) >= 11 is 5.90. The molecule has 1 amide bonds. The second-order valence-electron chi connectivity index (χ2n) is 6.60. The summed E-state index contributed by atoms with van der Waals surface area (Å²) < 4.78 is 27.6. The molecule has 0 atom stereocenters. The maximum absolute atomic E-state index is 13.4. The van der Waals surface area contributed by atoms with Crippen LogP contribution in [0.5, 0.6) is 0 Å². The summed E-state index contributed by atoms with van der Waals surface area (Å²) in [6.07, 6.45) is 2.86. The Morgan fingerprint density at radius 3 is 2.24 bits per heavy atom. The van der Waals surface area contributed by atoms with E-state index in [1.807, 2.05) is 43.3 Å². The van der Waals surface area contributed by atoms with Gasteiger partial charge in [0.2, 0.25) is 0 Å². The zero-order valence-electron chi connectivity index (χ0n) is 16.0. The number of benzene rings is 3. The number of carbonyl (C=O) groups is 1. The molecule has 0 N–H and O–H groups in total. The average molecular weight is 426 g/mol. The van der Waals surface area contributed by atoms with Crippen LogP contribution in [-0.2, 0) is 14.8 Å². The molecule has 4 nitrogen and oxygen atoms in total. The number of aryl methyl sites for hydroxylation is 2. The van der Waals surface area contributed by atoms with Gasteiger partial charge in [-0.05, 0) is 66.9 Å². The van der Waals surface area contributed by atoms with E-state index in [9.17, 15) is 13.2 Å². The molecular formula is C23H20ClNO3S. The number of amides is 1. The second kappa shape index (κ2) is 8.64. The first-order valence-electron chi connectivity index (χ1n) is 8.94. The van der Waals surface area contributed by atoms with Crippen molar-refractivity contribution in [3.05, 3.63) is 101 Å². The summed E-state index contributed by atoms with van der Waals surface area (Å²) in [5, 5.41) is 0.414. The normalized spacial score (nSPS) is 11.6. The molecule has 0 heterocycles. The van der Waals surface area contributed by atoms with Gasteiger partial charge in [-0.15, -0.1) is 0 Å². The molecule has 0 fully saturated rings. The molecule has 0 unspecified atom stereocenters. The Morgan fingerprint density at radius 1 is 0.931 bits per heavy atom. The fourth-order valence-corrected chi connectivity index (χ4v) is 4.39. The molecule has 148 valence electrons. The van der Waals surface area contributed by atoms with Crippen LogP contribution in [0.15, 0.2) is 83.8 Å². The average Bonchev–Trinajstić information content (AvgIpc) is 2.70. The minimum Gasteiger partial charge on any atom is -0.268 e. The lowest BCUT2D eigenvalue weighted by Gasteiger charge is -2.23. The first kappa shape index (κ1) is 20.8. The Bertz CT molecular complexity index is 1150. The van der Waals surface area contributed by atoms with E-state index < -0.39 is 15.9 Å². The first-order chi connectivity index (χ1) is 13.8. The van der Waals surface area contributed by atoms with Crippen LogP contribution in [0.25, 0.3) is 6.08 Å². The van der Waals surface area contributed by atoms with Crippen molar-refractivity contribution in [2.24, 2.45) is 0 Å². The van der Waals surface area contributed by atoms with Crippen molar-refractivity contribution in [3.8, 4) is 0 Å². The molecule has 0 aliphatic heterocycles. The topological polar surface area (TPSA) is 54.5 Å². The van der Waals surface area contributed by atoms with Crippen molar-refractivity contribution in [2.75, 3.05) is 4.31 Å². The highest BCUT2D eigenvalue weighted by atomic mass is 35.5. The van der Waals surface area contributed by atoms with Crippen LogP contribution < -0.4 is 4.31 Å². The van der Waals surface area contributed by atoms with E-state index in [2.05, 4.69) is 0 Å². The summed E-state index contributed by atoms with van der Waals surface area (Å²) in [6, 6.07) is 20.3. The van der Waals surface area contributed by atoms with Gasteiger partial charge in [0.05, 0.1) is 10.6 Å². The van der Waals surface area contributed by atoms with Gasteiger partial charge in [0.1, 0.15) is 0 Å². The van der Waals surface area contributed by atoms with E-state index in [0.29, 0.717) is 16.3 Å². The zero-order valence-corrected chi connectivity index (χ0v) is 17.6. The minimum atomic E-state index is -4.14. The predicted molar refractivity (Wildman–Crippen MR) is 118 cm³/mol. The van der Waals surface area contributed by atoms with Gasteiger partial charge in [-0.25, -0.2) is 8.42 Å². The van der Waals surface area contributed by atoms with Crippen LogP contribution in [0, 0.1) is 13.8 Å². The smallest absolute Gasteiger partial charge is 0.268 e. The highest BCUT2D eigenvalue weighted by Crippen LogP contribution is 2.29. The fraction of sp³-hybridized carbons (Fsp3) is 0.0870. The number of carbonyl (C=O) groups excluding carboxylic acids is 1. The lowest BCUT2D eigenvalue weighted by molar-refractivity contribution is -0.113. The molecule has 6 heteroatoms. The molecule has 0 aliphatic carbocycles. The van der Waals surface area contributed by atoms with Crippen LogP contribution in [0.4, 0.5) is 5.69 Å². The molecular weight excluding hydrogens is 406 g/mol. The SMILES string of the molecule is Cc1ccc(C)c(N(C(=O)/C=C/c2ccccc2)S(=O)(=O)c2ccc(Cl)cc2)c1. The number of hydrogen-bond acceptors (Lipinski definition) is 3. The van der Waals surface area contributed by atoms with Gasteiger partial charge >= 0.3 is 0 Å². The van der Waals surface area contributed by atoms with E-state index in [-0.39, 0.29) is 4.90 Å². The molecule has 0 bridgehead atoms. The van der Waals surface area contributed by atoms with Gasteiger partial charge in [0.25, 0.3) is 15.9 Å². The highest BCUT2D eigenvalue weighted by Gasteiger charge is 2.31. The number of sulfonamides is 1. The summed E-state index contributed by atoms with van der Waals surface area (Å²) in [4.78, 5) is 13.1. The lowest BCUT2D eigenvalue weighted by Crippen LogP contribution is -2.36. The van der Waals surface area contributed by atoms with Gasteiger partial charge in [0, 0.05) is 11.1 Å². The summed E-state index contributed by atoms with van der Waals surface area (Å²) in [5.41, 5.74) is 2.64. The highest BCUT2D eigenvalue weighted by molar-refractivity contribution is 7.93. The maximum Gasteiger partial charge on any atom is 0.271 e. The van der Waals surface area contributed by atoms with Crippen LogP contribution in [0.1, 0.15) is 16.7 Å². The van der Waals surface area contributed by atoms with Crippen molar-refractivity contribution in [2.45, 2.75) is 18.7 Å². The van der Waals surface area contributed by atoms with Crippen molar-refractivity contribution in [3.63, 3.8) is 0 Å². The van der Waals surface area contributed by atoms with Gasteiger partial charge in [-0.2, -0.15) is 4.31 Å². The molecule has 3 aromatic rings. The number of rotatable bonds is 5. The Kier molecular flexibility index (Phi) is 6.20. The maximum atomic E-state index is 13.4. The number of hydrogen-bond donors (Lipinski definition) is 0. The largest absolute Gasteiger partial charge is 0.271 e. The van der Waals surface area contributed by atoms with Crippen molar-refractivity contribution in [1.82, 2.24) is 0 Å². The van der Waals surface area contributed by atoms with E-state index in [1.54, 1.807) is 25.1 Å². The lowest BCUT2D eigenvalue weighted by atomic mass is 10.1. The van der Waals surface area contributed by atoms with Crippen LogP contribution >= 0.6 is 11.6 Å². The fourth-order valence-electron chi connectivity index (χ4n) is 2.82. The van der Waals surface area contributed by atoms with Crippen LogP contribution in [0.2, 0.25) is 5.02 Å². The third-order valence-corrected chi connectivity index (χ3v) is 6.33. The Hall–Kier alpha value is -2.89. The predicted octanol–water partition coefficient (Wildman–Crippen LogP) is 5.39. The molecule has 0 aromatic heterocycles. The van der Waals surface area contributed by atoms with Gasteiger partial charge in [-0.3, -0.25) is 4.79 Å². The van der Waals surface area contributed by atoms with Crippen molar-refractivity contribution in [1.29, 1.82) is 0 Å². The van der Waals surface area contributed by atoms with Crippen LogP contribution in [0.3, 0.4) is 0 Å². The van der Waals surface area contributed by atoms with Gasteiger partial charge < -0.3 is 0 Å². The molecule has 3 rings (SSSR count). The summed E-state index contributed by atoms with van der Waals surface area (Å²) in [5.74, 6) is -0.655. The Labute approximate surface area is 176 Å². The standard InChI is InChI=1S/C23H20ClNO3S/c1-17-8-9-18(2)22(16-17)25(23(26)15-10-19-6-4-3-5-7-19)29(27,28)21-13-11-20(24)12-14-21/h3-16H,1-2H3/b15-10+. The zero-order chi connectivity index (χ0) is 21.0. The molecule has 0 radical (unpaired) electrons. The number of halogens is 1. The molecule has 3 aromatic carbocycles. The van der Waals surface area contributed by atoms with E-state index in [0.717, 1.165) is 15.4 Å². The third kappa shape index (κ3) is 4.75. The Morgan fingerprint density at radius 2 is 1.59 bits per heavy atom. The quantitative estimate of drug-likeness (QED) is 0.515. The van der Waals surface area contributed by atoms with Gasteiger partial charge in [-0.1, -0.05) is 54.1 Å². The molecule has 0 saturated carbocycles. The van der Waals surface area contributed by atoms with E-state index >= 15 is 0 Å². The number of anilines is 1. The minimum absolute atomic E-state index is 0.00994. The summed E-state index contributed by atoms with van der Waals surface area (Å²) in [7, 11) is -4.14. The molecule has 0 spiro atoms. The Balaban J connectivity index is 2.11. The van der Waals surface area contributed by atoms with Crippen molar-refractivity contribution >= 4 is 39.3 Å². The second-order valence-corrected chi connectivity index (χ2v) is 8.82. The monoisotopic (exact) mass is 425 g/mol. The van der Waals surface area contributed by atoms with Crippen molar-refractivity contribution < 1.29 is 13.2 Å². The third-order valence-electron chi connectivity index (χ3n) is 4.35. The van der Waals surface area contributed by atoms with Crippen LogP contribution in [-0.4, -0.2) is 14.3 Å². The van der Waals surface area contributed by atoms with E-state index in [1.165, 1.54) is 30.3 Å². The number of nitrogens with zero attached hydrogens (tertiary/aromatic N) is 1.